The first-order chi connectivity index (χ1) is 10.1. The third-order valence-electron chi connectivity index (χ3n) is 3.98. The molecular formula is C15H18ClFN2O2. The van der Waals surface area contributed by atoms with Gasteiger partial charge >= 0.3 is 0 Å². The van der Waals surface area contributed by atoms with Gasteiger partial charge in [0, 0.05) is 24.8 Å². The Morgan fingerprint density at radius 3 is 3.00 bits per heavy atom. The molecule has 0 saturated carbocycles. The van der Waals surface area contributed by atoms with Crippen LogP contribution in [0, 0.1) is 5.82 Å². The Morgan fingerprint density at radius 2 is 2.33 bits per heavy atom. The summed E-state index contributed by atoms with van der Waals surface area (Å²) in [6.45, 7) is 2.78. The molecule has 0 spiro atoms. The van der Waals surface area contributed by atoms with E-state index < -0.39 is 5.82 Å². The van der Waals surface area contributed by atoms with Crippen molar-refractivity contribution < 1.29 is 13.9 Å². The fourth-order valence-electron chi connectivity index (χ4n) is 3.01. The molecule has 1 aromatic carbocycles. The van der Waals surface area contributed by atoms with Crippen LogP contribution in [0.5, 0.6) is 5.75 Å². The van der Waals surface area contributed by atoms with Gasteiger partial charge in [0.1, 0.15) is 5.82 Å². The van der Waals surface area contributed by atoms with Crippen LogP contribution in [0.2, 0.25) is 0 Å². The minimum absolute atomic E-state index is 0.201. The third-order valence-corrected chi connectivity index (χ3v) is 4.22. The van der Waals surface area contributed by atoms with Gasteiger partial charge in [-0.2, -0.15) is 0 Å². The first-order valence-electron chi connectivity index (χ1n) is 7.06. The van der Waals surface area contributed by atoms with Crippen molar-refractivity contribution in [1.29, 1.82) is 0 Å². The second-order valence-corrected chi connectivity index (χ2v) is 5.63. The van der Waals surface area contributed by atoms with Crippen molar-refractivity contribution >= 4 is 22.6 Å². The first kappa shape index (κ1) is 14.6. The molecule has 3 rings (SSSR count). The Kier molecular flexibility index (Phi) is 4.04. The quantitative estimate of drug-likeness (QED) is 0.811. The van der Waals surface area contributed by atoms with E-state index >= 15 is 0 Å². The number of nitrogens with zero attached hydrogens (tertiary/aromatic N) is 2. The van der Waals surface area contributed by atoms with Crippen LogP contribution in [0.3, 0.4) is 0 Å². The Balaban J connectivity index is 2.14. The van der Waals surface area contributed by atoms with E-state index in [2.05, 4.69) is 16.5 Å². The highest BCUT2D eigenvalue weighted by Crippen LogP contribution is 2.33. The van der Waals surface area contributed by atoms with Crippen LogP contribution in [0.25, 0.3) is 11.0 Å². The van der Waals surface area contributed by atoms with Crippen LogP contribution >= 0.6 is 11.6 Å². The molecule has 1 aliphatic heterocycles. The van der Waals surface area contributed by atoms with Gasteiger partial charge in [0.15, 0.2) is 11.6 Å². The van der Waals surface area contributed by atoms with Crippen LogP contribution in [0.15, 0.2) is 12.1 Å². The number of hydrogen-bond donors (Lipinski definition) is 0. The fraction of sp³-hybridized carbons (Fsp3) is 0.533. The standard InChI is InChI=1S/C15H18ClFN2O2/c1-9-5-10(3-4-21-9)19-13-7-14(20-2)11(17)6-12(13)18-15(19)8-16/h6-7,9-10H,3-5,8H2,1-2H3. The molecule has 0 bridgehead atoms. The summed E-state index contributed by atoms with van der Waals surface area (Å²) in [4.78, 5) is 4.46. The predicted molar refractivity (Wildman–Crippen MR) is 79.5 cm³/mol. The number of ether oxygens (including phenoxy) is 2. The smallest absolute Gasteiger partial charge is 0.167 e. The highest BCUT2D eigenvalue weighted by molar-refractivity contribution is 6.16. The van der Waals surface area contributed by atoms with Gasteiger partial charge in [0.2, 0.25) is 0 Å². The number of hydrogen-bond acceptors (Lipinski definition) is 3. The summed E-state index contributed by atoms with van der Waals surface area (Å²) in [5, 5.41) is 0. The lowest BCUT2D eigenvalue weighted by molar-refractivity contribution is 0.00632. The summed E-state index contributed by atoms with van der Waals surface area (Å²) < 4.78 is 26.6. The average Bonchev–Trinajstić information content (AvgIpc) is 2.83. The van der Waals surface area contributed by atoms with E-state index in [4.69, 9.17) is 21.1 Å². The minimum atomic E-state index is -0.406. The van der Waals surface area contributed by atoms with Crippen LogP contribution in [0.4, 0.5) is 4.39 Å². The summed E-state index contributed by atoms with van der Waals surface area (Å²) in [6.07, 6.45) is 2.00. The highest BCUT2D eigenvalue weighted by atomic mass is 35.5. The molecule has 2 heterocycles. The number of aromatic nitrogens is 2. The van der Waals surface area contributed by atoms with Crippen molar-refractivity contribution in [3.05, 3.63) is 23.8 Å². The number of methoxy groups -OCH3 is 1. The molecule has 0 N–H and O–H groups in total. The summed E-state index contributed by atoms with van der Waals surface area (Å²) in [7, 11) is 1.46. The maximum Gasteiger partial charge on any atom is 0.167 e. The Hall–Kier alpha value is -1.33. The topological polar surface area (TPSA) is 36.3 Å². The zero-order valence-corrected chi connectivity index (χ0v) is 12.9. The maximum atomic E-state index is 13.8. The summed E-state index contributed by atoms with van der Waals surface area (Å²) >= 11 is 6.03. The summed E-state index contributed by atoms with van der Waals surface area (Å²) in [6, 6.07) is 3.37. The molecule has 1 saturated heterocycles. The molecule has 6 heteroatoms. The van der Waals surface area contributed by atoms with Gasteiger partial charge in [-0.25, -0.2) is 9.37 Å². The van der Waals surface area contributed by atoms with Gasteiger partial charge in [-0.1, -0.05) is 0 Å². The molecule has 1 aromatic heterocycles. The summed E-state index contributed by atoms with van der Waals surface area (Å²) in [5.41, 5.74) is 1.48. The van der Waals surface area contributed by atoms with Crippen molar-refractivity contribution in [2.24, 2.45) is 0 Å². The van der Waals surface area contributed by atoms with Gasteiger partial charge in [-0.15, -0.1) is 11.6 Å². The molecule has 2 atom stereocenters. The highest BCUT2D eigenvalue weighted by Gasteiger charge is 2.25. The van der Waals surface area contributed by atoms with Crippen molar-refractivity contribution in [3.63, 3.8) is 0 Å². The molecular weight excluding hydrogens is 295 g/mol. The van der Waals surface area contributed by atoms with E-state index in [0.29, 0.717) is 18.0 Å². The molecule has 1 fully saturated rings. The molecule has 2 aromatic rings. The average molecular weight is 313 g/mol. The lowest BCUT2D eigenvalue weighted by Gasteiger charge is -2.29. The van der Waals surface area contributed by atoms with E-state index in [1.807, 2.05) is 0 Å². The van der Waals surface area contributed by atoms with Gasteiger partial charge in [0.25, 0.3) is 0 Å². The van der Waals surface area contributed by atoms with Crippen LogP contribution in [-0.4, -0.2) is 29.4 Å². The van der Waals surface area contributed by atoms with Crippen LogP contribution < -0.4 is 4.74 Å². The molecule has 0 aliphatic carbocycles. The second-order valence-electron chi connectivity index (χ2n) is 5.37. The van der Waals surface area contributed by atoms with Crippen LogP contribution in [-0.2, 0) is 10.6 Å². The van der Waals surface area contributed by atoms with Gasteiger partial charge < -0.3 is 14.0 Å². The minimum Gasteiger partial charge on any atom is -0.494 e. The van der Waals surface area contributed by atoms with Crippen molar-refractivity contribution in [3.8, 4) is 5.75 Å². The largest absolute Gasteiger partial charge is 0.494 e. The van der Waals surface area contributed by atoms with Crippen molar-refractivity contribution in [2.75, 3.05) is 13.7 Å². The maximum absolute atomic E-state index is 13.8. The lowest BCUT2D eigenvalue weighted by Crippen LogP contribution is -2.26. The van der Waals surface area contributed by atoms with Gasteiger partial charge in [0.05, 0.1) is 30.1 Å². The van der Waals surface area contributed by atoms with Crippen LogP contribution in [0.1, 0.15) is 31.6 Å². The molecule has 2 unspecified atom stereocenters. The second kappa shape index (κ2) is 5.81. The molecule has 1 aliphatic rings. The van der Waals surface area contributed by atoms with E-state index in [9.17, 15) is 4.39 Å². The van der Waals surface area contributed by atoms with Crippen molar-refractivity contribution in [1.82, 2.24) is 9.55 Å². The molecule has 0 amide bonds. The third kappa shape index (κ3) is 2.60. The zero-order valence-electron chi connectivity index (χ0n) is 12.1. The van der Waals surface area contributed by atoms with Gasteiger partial charge in [-0.3, -0.25) is 0 Å². The Labute approximate surface area is 127 Å². The Bertz CT molecular complexity index is 659. The van der Waals surface area contributed by atoms with E-state index in [1.165, 1.54) is 13.2 Å². The van der Waals surface area contributed by atoms with Crippen molar-refractivity contribution in [2.45, 2.75) is 37.8 Å². The van der Waals surface area contributed by atoms with Gasteiger partial charge in [-0.05, 0) is 19.8 Å². The molecule has 21 heavy (non-hydrogen) atoms. The number of imidazole rings is 1. The normalized spacial score (nSPS) is 22.7. The fourth-order valence-corrected chi connectivity index (χ4v) is 3.20. The monoisotopic (exact) mass is 312 g/mol. The van der Waals surface area contributed by atoms with E-state index in [1.54, 1.807) is 6.07 Å². The first-order valence-corrected chi connectivity index (χ1v) is 7.59. The molecule has 114 valence electrons. The number of benzene rings is 1. The molecule has 4 nitrogen and oxygen atoms in total. The SMILES string of the molecule is COc1cc2c(cc1F)nc(CCl)n2C1CCOC(C)C1. The number of alkyl halides is 1. The number of fused-ring (bicyclic) bond motifs is 1. The van der Waals surface area contributed by atoms with E-state index in [0.717, 1.165) is 24.2 Å². The number of rotatable bonds is 3. The van der Waals surface area contributed by atoms with E-state index in [-0.39, 0.29) is 17.9 Å². The molecule has 0 radical (unpaired) electrons. The Morgan fingerprint density at radius 1 is 1.52 bits per heavy atom. The zero-order chi connectivity index (χ0) is 15.0. The summed E-state index contributed by atoms with van der Waals surface area (Å²) in [5.74, 6) is 0.879. The lowest BCUT2D eigenvalue weighted by atomic mass is 10.0. The predicted octanol–water partition coefficient (Wildman–Crippen LogP) is 3.66. The number of halogens is 2.